The van der Waals surface area contributed by atoms with Crippen molar-refractivity contribution in [1.29, 1.82) is 0 Å². The van der Waals surface area contributed by atoms with E-state index in [0.29, 0.717) is 6.54 Å². The molecule has 0 bridgehead atoms. The van der Waals surface area contributed by atoms with Crippen molar-refractivity contribution in [2.75, 3.05) is 25.0 Å². The average molecular weight is 370 g/mol. The minimum atomic E-state index is -0.135. The molecule has 2 N–H and O–H groups in total. The molecule has 0 saturated carbocycles. The van der Waals surface area contributed by atoms with Gasteiger partial charge in [0, 0.05) is 10.5 Å². The van der Waals surface area contributed by atoms with Crippen LogP contribution in [0.15, 0.2) is 22.7 Å². The van der Waals surface area contributed by atoms with E-state index in [1.165, 1.54) is 0 Å². The van der Waals surface area contributed by atoms with Crippen LogP contribution < -0.4 is 10.6 Å². The summed E-state index contributed by atoms with van der Waals surface area (Å²) < 4.78 is 0.849. The van der Waals surface area contributed by atoms with Crippen molar-refractivity contribution in [1.82, 2.24) is 10.2 Å². The Morgan fingerprint density at radius 3 is 2.41 bits per heavy atom. The second-order valence-corrected chi connectivity index (χ2v) is 6.41. The highest BCUT2D eigenvalue weighted by molar-refractivity contribution is 9.10. The van der Waals surface area contributed by atoms with E-state index in [4.69, 9.17) is 0 Å². The summed E-state index contributed by atoms with van der Waals surface area (Å²) >= 11 is 3.43. The molecule has 5 nitrogen and oxygen atoms in total. The first-order valence-corrected chi connectivity index (χ1v) is 8.18. The van der Waals surface area contributed by atoms with Crippen molar-refractivity contribution in [2.45, 2.75) is 33.7 Å². The van der Waals surface area contributed by atoms with E-state index in [1.54, 1.807) is 4.90 Å². The number of nitrogens with zero attached hydrogens (tertiary/aromatic N) is 1. The van der Waals surface area contributed by atoms with Gasteiger partial charge in [0.2, 0.25) is 11.8 Å². The van der Waals surface area contributed by atoms with Gasteiger partial charge in [0.05, 0.1) is 18.8 Å². The topological polar surface area (TPSA) is 61.4 Å². The van der Waals surface area contributed by atoms with Crippen LogP contribution in [0.2, 0.25) is 0 Å². The van der Waals surface area contributed by atoms with Gasteiger partial charge in [-0.2, -0.15) is 0 Å². The van der Waals surface area contributed by atoms with Crippen molar-refractivity contribution in [3.63, 3.8) is 0 Å². The SMILES string of the molecule is CCN(CC(=O)Nc1ccc(C)cc1Br)CC(=O)NC(C)C. The summed E-state index contributed by atoms with van der Waals surface area (Å²) in [5.41, 5.74) is 1.85. The molecule has 22 heavy (non-hydrogen) atoms. The highest BCUT2D eigenvalue weighted by Gasteiger charge is 2.14. The van der Waals surface area contributed by atoms with Gasteiger partial charge in [-0.25, -0.2) is 0 Å². The predicted molar refractivity (Wildman–Crippen MR) is 92.9 cm³/mol. The summed E-state index contributed by atoms with van der Waals surface area (Å²) in [5, 5.41) is 5.68. The first-order valence-electron chi connectivity index (χ1n) is 7.39. The lowest BCUT2D eigenvalue weighted by molar-refractivity contribution is -0.123. The number of rotatable bonds is 7. The third-order valence-corrected chi connectivity index (χ3v) is 3.69. The molecule has 0 aliphatic heterocycles. The molecule has 0 fully saturated rings. The fraction of sp³-hybridized carbons (Fsp3) is 0.500. The molecule has 0 heterocycles. The number of hydrogen-bond acceptors (Lipinski definition) is 3. The maximum atomic E-state index is 12.1. The Morgan fingerprint density at radius 1 is 1.23 bits per heavy atom. The summed E-state index contributed by atoms with van der Waals surface area (Å²) in [6, 6.07) is 5.85. The summed E-state index contributed by atoms with van der Waals surface area (Å²) in [7, 11) is 0. The van der Waals surface area contributed by atoms with Crippen molar-refractivity contribution in [2.24, 2.45) is 0 Å². The molecule has 0 aliphatic carbocycles. The van der Waals surface area contributed by atoms with Crippen molar-refractivity contribution in [3.05, 3.63) is 28.2 Å². The number of likely N-dealkylation sites (N-methyl/N-ethyl adjacent to an activating group) is 1. The standard InChI is InChI=1S/C16H24BrN3O2/c1-5-20(9-15(21)18-11(2)3)10-16(22)19-14-7-6-12(4)8-13(14)17/h6-8,11H,5,9-10H2,1-4H3,(H,18,21)(H,19,22). The second kappa shape index (κ2) is 8.90. The summed E-state index contributed by atoms with van der Waals surface area (Å²) in [6.45, 7) is 8.78. The van der Waals surface area contributed by atoms with E-state index in [0.717, 1.165) is 15.7 Å². The molecule has 0 spiro atoms. The van der Waals surface area contributed by atoms with E-state index in [9.17, 15) is 9.59 Å². The molecule has 0 saturated heterocycles. The van der Waals surface area contributed by atoms with E-state index in [-0.39, 0.29) is 30.9 Å². The maximum Gasteiger partial charge on any atom is 0.238 e. The fourth-order valence-electron chi connectivity index (χ4n) is 1.96. The quantitative estimate of drug-likeness (QED) is 0.776. The van der Waals surface area contributed by atoms with Gasteiger partial charge < -0.3 is 10.6 Å². The molecular weight excluding hydrogens is 346 g/mol. The lowest BCUT2D eigenvalue weighted by atomic mass is 10.2. The van der Waals surface area contributed by atoms with E-state index < -0.39 is 0 Å². The number of benzene rings is 1. The van der Waals surface area contributed by atoms with Crippen LogP contribution >= 0.6 is 15.9 Å². The lowest BCUT2D eigenvalue weighted by Crippen LogP contribution is -2.42. The lowest BCUT2D eigenvalue weighted by Gasteiger charge is -2.20. The van der Waals surface area contributed by atoms with Gasteiger partial charge in [-0.1, -0.05) is 13.0 Å². The first kappa shape index (κ1) is 18.6. The third-order valence-electron chi connectivity index (χ3n) is 3.03. The van der Waals surface area contributed by atoms with Gasteiger partial charge in [-0.3, -0.25) is 14.5 Å². The fourth-order valence-corrected chi connectivity index (χ4v) is 2.56. The number of halogens is 1. The number of nitrogens with one attached hydrogen (secondary N) is 2. The van der Waals surface area contributed by atoms with Crippen LogP contribution in [0.1, 0.15) is 26.3 Å². The number of anilines is 1. The van der Waals surface area contributed by atoms with Crippen molar-refractivity contribution >= 4 is 33.4 Å². The number of aryl methyl sites for hydroxylation is 1. The summed E-state index contributed by atoms with van der Waals surface area (Å²) in [6.07, 6.45) is 0. The van der Waals surface area contributed by atoms with Crippen LogP contribution in [0.4, 0.5) is 5.69 Å². The molecule has 1 aromatic rings. The molecular formula is C16H24BrN3O2. The van der Waals surface area contributed by atoms with Crippen LogP contribution in [0.3, 0.4) is 0 Å². The zero-order chi connectivity index (χ0) is 16.7. The van der Waals surface area contributed by atoms with Gasteiger partial charge in [0.25, 0.3) is 0 Å². The average Bonchev–Trinajstić information content (AvgIpc) is 2.40. The predicted octanol–water partition coefficient (Wildman–Crippen LogP) is 2.54. The zero-order valence-electron chi connectivity index (χ0n) is 13.6. The largest absolute Gasteiger partial charge is 0.353 e. The highest BCUT2D eigenvalue weighted by atomic mass is 79.9. The Balaban J connectivity index is 2.56. The molecule has 0 unspecified atom stereocenters. The molecule has 0 radical (unpaired) electrons. The molecule has 1 aromatic carbocycles. The Hall–Kier alpha value is -1.40. The van der Waals surface area contributed by atoms with Crippen LogP contribution in [-0.2, 0) is 9.59 Å². The third kappa shape index (κ3) is 6.58. The molecule has 6 heteroatoms. The van der Waals surface area contributed by atoms with Gasteiger partial charge in [-0.15, -0.1) is 0 Å². The first-order chi connectivity index (χ1) is 10.3. The summed E-state index contributed by atoms with van der Waals surface area (Å²) in [4.78, 5) is 25.7. The number of hydrogen-bond donors (Lipinski definition) is 2. The van der Waals surface area contributed by atoms with E-state index >= 15 is 0 Å². The normalized spacial score (nSPS) is 10.9. The smallest absolute Gasteiger partial charge is 0.238 e. The molecule has 2 amide bonds. The monoisotopic (exact) mass is 369 g/mol. The maximum absolute atomic E-state index is 12.1. The Kier molecular flexibility index (Phi) is 7.55. The van der Waals surface area contributed by atoms with Gasteiger partial charge in [-0.05, 0) is 60.9 Å². The Bertz CT molecular complexity index is 532. The van der Waals surface area contributed by atoms with Crippen molar-refractivity contribution < 1.29 is 9.59 Å². The van der Waals surface area contributed by atoms with Gasteiger partial charge >= 0.3 is 0 Å². The summed E-state index contributed by atoms with van der Waals surface area (Å²) in [5.74, 6) is -0.204. The Morgan fingerprint density at radius 2 is 1.86 bits per heavy atom. The zero-order valence-corrected chi connectivity index (χ0v) is 15.2. The minimum absolute atomic E-state index is 0.0684. The molecule has 1 rings (SSSR count). The van der Waals surface area contributed by atoms with Gasteiger partial charge in [0.15, 0.2) is 0 Å². The van der Waals surface area contributed by atoms with Crippen molar-refractivity contribution in [3.8, 4) is 0 Å². The van der Waals surface area contributed by atoms with E-state index in [2.05, 4.69) is 26.6 Å². The molecule has 0 atom stereocenters. The number of carbonyl (C=O) groups is 2. The highest BCUT2D eigenvalue weighted by Crippen LogP contribution is 2.23. The van der Waals surface area contributed by atoms with Crippen LogP contribution in [0.25, 0.3) is 0 Å². The van der Waals surface area contributed by atoms with Crippen LogP contribution in [0, 0.1) is 6.92 Å². The Labute approximate surface area is 140 Å². The molecule has 122 valence electrons. The van der Waals surface area contributed by atoms with Crippen LogP contribution in [-0.4, -0.2) is 42.4 Å². The number of amides is 2. The number of carbonyl (C=O) groups excluding carboxylic acids is 2. The van der Waals surface area contributed by atoms with Crippen LogP contribution in [0.5, 0.6) is 0 Å². The van der Waals surface area contributed by atoms with Gasteiger partial charge in [0.1, 0.15) is 0 Å². The second-order valence-electron chi connectivity index (χ2n) is 5.56. The minimum Gasteiger partial charge on any atom is -0.353 e. The van der Waals surface area contributed by atoms with E-state index in [1.807, 2.05) is 45.9 Å². The molecule has 0 aliphatic rings. The molecule has 0 aromatic heterocycles.